The van der Waals surface area contributed by atoms with Gasteiger partial charge in [0.15, 0.2) is 0 Å². The summed E-state index contributed by atoms with van der Waals surface area (Å²) in [5.74, 6) is 1.39. The Hall–Kier alpha value is -4.09. The predicted octanol–water partition coefficient (Wildman–Crippen LogP) is 9.02. The van der Waals surface area contributed by atoms with Crippen molar-refractivity contribution in [1.29, 1.82) is 0 Å². The van der Waals surface area contributed by atoms with Crippen molar-refractivity contribution in [2.45, 2.75) is 38.1 Å². The lowest BCUT2D eigenvalue weighted by Crippen LogP contribution is -2.14. The number of nitrogens with zero attached hydrogens (tertiary/aromatic N) is 2. The zero-order chi connectivity index (χ0) is 26.1. The lowest BCUT2D eigenvalue weighted by Gasteiger charge is -2.25. The Bertz CT molecular complexity index is 1620. The molecular formula is C32H27ClN2O3. The maximum absolute atomic E-state index is 11.6. The Morgan fingerprint density at radius 3 is 2.29 bits per heavy atom. The van der Waals surface area contributed by atoms with E-state index in [1.807, 2.05) is 78.9 Å². The number of fused-ring (bicyclic) bond motifs is 1. The molecule has 0 bridgehead atoms. The molecule has 0 unspecified atom stereocenters. The first-order valence-corrected chi connectivity index (χ1v) is 13.3. The van der Waals surface area contributed by atoms with Gasteiger partial charge in [0.05, 0.1) is 16.6 Å². The second-order valence-electron chi connectivity index (χ2n) is 9.77. The zero-order valence-corrected chi connectivity index (χ0v) is 21.6. The molecule has 0 radical (unpaired) electrons. The fourth-order valence-electron chi connectivity index (χ4n) is 5.36. The number of hydrogen-bond acceptors (Lipinski definition) is 3. The highest BCUT2D eigenvalue weighted by Gasteiger charge is 2.23. The molecular weight excluding hydrogens is 496 g/mol. The number of ether oxygens (including phenoxy) is 1. The van der Waals surface area contributed by atoms with Crippen LogP contribution >= 0.6 is 11.6 Å². The molecule has 1 aromatic heterocycles. The molecule has 1 heterocycles. The number of hydrogen-bond donors (Lipinski definition) is 1. The molecule has 6 heteroatoms. The molecule has 5 nitrogen and oxygen atoms in total. The minimum absolute atomic E-state index is 0.251. The van der Waals surface area contributed by atoms with Crippen LogP contribution in [0.4, 0.5) is 0 Å². The van der Waals surface area contributed by atoms with E-state index in [0.29, 0.717) is 16.6 Å². The molecule has 1 aliphatic carbocycles. The Kier molecular flexibility index (Phi) is 6.61. The third-order valence-electron chi connectivity index (χ3n) is 7.22. The molecule has 4 aromatic carbocycles. The van der Waals surface area contributed by atoms with Gasteiger partial charge < -0.3 is 14.4 Å². The summed E-state index contributed by atoms with van der Waals surface area (Å²) < 4.78 is 8.49. The van der Waals surface area contributed by atoms with Crippen molar-refractivity contribution in [3.05, 3.63) is 102 Å². The van der Waals surface area contributed by atoms with Crippen molar-refractivity contribution in [2.24, 2.45) is 0 Å². The molecule has 0 spiro atoms. The molecule has 0 aliphatic heterocycles. The van der Waals surface area contributed by atoms with Crippen LogP contribution in [0.1, 0.15) is 48.5 Å². The molecule has 0 atom stereocenters. The number of rotatable bonds is 6. The normalized spacial score (nSPS) is 14.0. The average molecular weight is 523 g/mol. The standard InChI is InChI=1S/C32H27ClN2O3/c33-25-8-4-6-22(18-25)23-7-5-11-28(19-23)38-27-15-12-21(13-16-27)31-34-29-20-24(32(36)37)14-17-30(29)35(31)26-9-2-1-3-10-26/h4-8,11-20,26H,1-3,9-10H2,(H,36,37). The van der Waals surface area contributed by atoms with Crippen LogP contribution in [0, 0.1) is 0 Å². The molecule has 190 valence electrons. The quantitative estimate of drug-likeness (QED) is 0.241. The van der Waals surface area contributed by atoms with Crippen molar-refractivity contribution in [1.82, 2.24) is 9.55 Å². The number of halogens is 1. The van der Waals surface area contributed by atoms with E-state index in [-0.39, 0.29) is 5.56 Å². The predicted molar refractivity (Wildman–Crippen MR) is 151 cm³/mol. The maximum Gasteiger partial charge on any atom is 0.335 e. The van der Waals surface area contributed by atoms with Crippen LogP contribution in [0.2, 0.25) is 5.02 Å². The lowest BCUT2D eigenvalue weighted by molar-refractivity contribution is 0.0697. The van der Waals surface area contributed by atoms with Gasteiger partial charge in [-0.05, 0) is 90.7 Å². The fourth-order valence-corrected chi connectivity index (χ4v) is 5.55. The monoisotopic (exact) mass is 522 g/mol. The topological polar surface area (TPSA) is 64.3 Å². The molecule has 1 aliphatic rings. The van der Waals surface area contributed by atoms with E-state index in [2.05, 4.69) is 4.57 Å². The van der Waals surface area contributed by atoms with Gasteiger partial charge in [0, 0.05) is 16.6 Å². The van der Waals surface area contributed by atoms with Gasteiger partial charge >= 0.3 is 5.97 Å². The van der Waals surface area contributed by atoms with Crippen LogP contribution < -0.4 is 4.74 Å². The third-order valence-corrected chi connectivity index (χ3v) is 7.45. The Morgan fingerprint density at radius 2 is 1.55 bits per heavy atom. The van der Waals surface area contributed by atoms with Crippen molar-refractivity contribution < 1.29 is 14.6 Å². The fraction of sp³-hybridized carbons (Fsp3) is 0.188. The van der Waals surface area contributed by atoms with Crippen molar-refractivity contribution in [2.75, 3.05) is 0 Å². The summed E-state index contributed by atoms with van der Waals surface area (Å²) in [6.07, 6.45) is 5.84. The van der Waals surface area contributed by atoms with Crippen LogP contribution in [0.3, 0.4) is 0 Å². The van der Waals surface area contributed by atoms with Crippen LogP contribution in [-0.2, 0) is 0 Å². The van der Waals surface area contributed by atoms with Gasteiger partial charge in [0.2, 0.25) is 0 Å². The van der Waals surface area contributed by atoms with Crippen molar-refractivity contribution >= 4 is 28.6 Å². The number of carbonyl (C=O) groups is 1. The van der Waals surface area contributed by atoms with E-state index in [4.69, 9.17) is 21.3 Å². The SMILES string of the molecule is O=C(O)c1ccc2c(c1)nc(-c1ccc(Oc3cccc(-c4cccc(Cl)c4)c3)cc1)n2C1CCCCC1. The lowest BCUT2D eigenvalue weighted by atomic mass is 9.95. The zero-order valence-electron chi connectivity index (χ0n) is 20.8. The van der Waals surface area contributed by atoms with Gasteiger partial charge in [-0.15, -0.1) is 0 Å². The molecule has 0 amide bonds. The van der Waals surface area contributed by atoms with E-state index in [1.54, 1.807) is 12.1 Å². The molecule has 6 rings (SSSR count). The summed E-state index contributed by atoms with van der Waals surface area (Å²) in [5, 5.41) is 10.2. The van der Waals surface area contributed by atoms with Gasteiger partial charge in [0.1, 0.15) is 17.3 Å². The van der Waals surface area contributed by atoms with Crippen LogP contribution in [0.15, 0.2) is 91.0 Å². The van der Waals surface area contributed by atoms with Gasteiger partial charge in [-0.3, -0.25) is 0 Å². The summed E-state index contributed by atoms with van der Waals surface area (Å²) in [7, 11) is 0. The van der Waals surface area contributed by atoms with E-state index >= 15 is 0 Å². The molecule has 38 heavy (non-hydrogen) atoms. The van der Waals surface area contributed by atoms with Gasteiger partial charge in [0.25, 0.3) is 0 Å². The average Bonchev–Trinajstić information content (AvgIpc) is 3.33. The molecule has 1 N–H and O–H groups in total. The van der Waals surface area contributed by atoms with E-state index in [9.17, 15) is 9.90 Å². The Morgan fingerprint density at radius 1 is 0.816 bits per heavy atom. The Balaban J connectivity index is 1.31. The molecule has 0 saturated heterocycles. The highest BCUT2D eigenvalue weighted by molar-refractivity contribution is 6.30. The Labute approximate surface area is 226 Å². The van der Waals surface area contributed by atoms with Crippen LogP contribution in [0.25, 0.3) is 33.5 Å². The summed E-state index contributed by atoms with van der Waals surface area (Å²) in [6, 6.07) is 29.2. The first-order valence-electron chi connectivity index (χ1n) is 12.9. The summed E-state index contributed by atoms with van der Waals surface area (Å²) in [6.45, 7) is 0. The summed E-state index contributed by atoms with van der Waals surface area (Å²) in [4.78, 5) is 16.5. The van der Waals surface area contributed by atoms with Crippen LogP contribution in [0.5, 0.6) is 11.5 Å². The van der Waals surface area contributed by atoms with Crippen molar-refractivity contribution in [3.8, 4) is 34.0 Å². The maximum atomic E-state index is 11.6. The van der Waals surface area contributed by atoms with Gasteiger partial charge in [-0.2, -0.15) is 0 Å². The number of carboxylic acid groups (broad SMARTS) is 1. The van der Waals surface area contributed by atoms with E-state index < -0.39 is 5.97 Å². The number of carboxylic acids is 1. The smallest absolute Gasteiger partial charge is 0.335 e. The number of imidazole rings is 1. The third kappa shape index (κ3) is 4.90. The highest BCUT2D eigenvalue weighted by Crippen LogP contribution is 2.37. The van der Waals surface area contributed by atoms with Crippen molar-refractivity contribution in [3.63, 3.8) is 0 Å². The summed E-state index contributed by atoms with van der Waals surface area (Å²) in [5.41, 5.74) is 4.98. The van der Waals surface area contributed by atoms with E-state index in [1.165, 1.54) is 19.3 Å². The second-order valence-corrected chi connectivity index (χ2v) is 10.2. The van der Waals surface area contributed by atoms with Gasteiger partial charge in [-0.1, -0.05) is 55.1 Å². The van der Waals surface area contributed by atoms with Gasteiger partial charge in [-0.25, -0.2) is 9.78 Å². The van der Waals surface area contributed by atoms with Crippen LogP contribution in [-0.4, -0.2) is 20.6 Å². The molecule has 1 fully saturated rings. The second kappa shape index (κ2) is 10.3. The largest absolute Gasteiger partial charge is 0.478 e. The van der Waals surface area contributed by atoms with E-state index in [0.717, 1.165) is 52.4 Å². The summed E-state index contributed by atoms with van der Waals surface area (Å²) >= 11 is 6.17. The molecule has 1 saturated carbocycles. The minimum atomic E-state index is -0.943. The first-order chi connectivity index (χ1) is 18.5. The molecule has 5 aromatic rings. The number of aromatic nitrogens is 2. The first kappa shape index (κ1) is 24.3. The highest BCUT2D eigenvalue weighted by atomic mass is 35.5. The minimum Gasteiger partial charge on any atom is -0.478 e. The number of aromatic carboxylic acids is 1. The number of benzene rings is 4.